The first-order valence-electron chi connectivity index (χ1n) is 3.72. The van der Waals surface area contributed by atoms with E-state index in [0.29, 0.717) is 14.1 Å². The van der Waals surface area contributed by atoms with Gasteiger partial charge in [-0.25, -0.2) is 4.21 Å². The van der Waals surface area contributed by atoms with Crippen molar-refractivity contribution in [1.82, 2.24) is 9.59 Å². The molecule has 14 heavy (non-hydrogen) atoms. The van der Waals surface area contributed by atoms with E-state index in [9.17, 15) is 4.21 Å². The first-order valence-corrected chi connectivity index (χ1v) is 6.02. The van der Waals surface area contributed by atoms with Crippen molar-refractivity contribution in [1.29, 1.82) is 0 Å². The zero-order valence-electron chi connectivity index (χ0n) is 6.88. The van der Waals surface area contributed by atoms with E-state index in [4.69, 9.17) is 11.6 Å². The van der Waals surface area contributed by atoms with Gasteiger partial charge in [-0.3, -0.25) is 0 Å². The lowest BCUT2D eigenvalue weighted by Gasteiger charge is -1.97. The van der Waals surface area contributed by atoms with Crippen LogP contribution in [0.15, 0.2) is 39.6 Å². The summed E-state index contributed by atoms with van der Waals surface area (Å²) in [7, 11) is -1.19. The van der Waals surface area contributed by atoms with Crippen LogP contribution in [0.5, 0.6) is 0 Å². The fourth-order valence-corrected chi connectivity index (χ4v) is 2.73. The molecule has 0 aliphatic heterocycles. The predicted molar refractivity (Wildman–Crippen MR) is 56.0 cm³/mol. The van der Waals surface area contributed by atoms with Gasteiger partial charge in [-0.05, 0) is 35.8 Å². The molecule has 0 fully saturated rings. The lowest BCUT2D eigenvalue weighted by molar-refractivity contribution is 0.684. The summed E-state index contributed by atoms with van der Waals surface area (Å²) in [6.07, 6.45) is 1.51. The van der Waals surface area contributed by atoms with Crippen molar-refractivity contribution < 1.29 is 4.21 Å². The van der Waals surface area contributed by atoms with Crippen LogP contribution in [0.3, 0.4) is 0 Å². The second kappa shape index (κ2) is 4.16. The molecule has 0 amide bonds. The van der Waals surface area contributed by atoms with Crippen molar-refractivity contribution in [2.45, 2.75) is 9.10 Å². The van der Waals surface area contributed by atoms with Crippen LogP contribution in [0, 0.1) is 0 Å². The summed E-state index contributed by atoms with van der Waals surface area (Å²) in [6, 6.07) is 6.89. The molecule has 0 bridgehead atoms. The summed E-state index contributed by atoms with van der Waals surface area (Å²) < 4.78 is 16.1. The van der Waals surface area contributed by atoms with E-state index in [-0.39, 0.29) is 0 Å². The lowest BCUT2D eigenvalue weighted by Crippen LogP contribution is -1.88. The quantitative estimate of drug-likeness (QED) is 0.815. The van der Waals surface area contributed by atoms with E-state index in [0.717, 1.165) is 11.5 Å². The minimum Gasteiger partial charge on any atom is -0.248 e. The van der Waals surface area contributed by atoms with Gasteiger partial charge in [0.2, 0.25) is 0 Å². The fourth-order valence-electron chi connectivity index (χ4n) is 0.914. The third-order valence-electron chi connectivity index (χ3n) is 1.55. The molecule has 2 aromatic rings. The molecule has 1 heterocycles. The smallest absolute Gasteiger partial charge is 0.137 e. The van der Waals surface area contributed by atoms with Crippen LogP contribution < -0.4 is 0 Å². The molecule has 0 aliphatic carbocycles. The van der Waals surface area contributed by atoms with E-state index in [1.165, 1.54) is 6.20 Å². The molecule has 72 valence electrons. The second-order valence-corrected chi connectivity index (χ2v) is 5.39. The van der Waals surface area contributed by atoms with Gasteiger partial charge in [0.05, 0.1) is 17.0 Å². The Labute approximate surface area is 92.4 Å². The number of nitrogens with zero attached hydrogens (tertiary/aromatic N) is 2. The van der Waals surface area contributed by atoms with Gasteiger partial charge >= 0.3 is 0 Å². The Balaban J connectivity index is 2.33. The van der Waals surface area contributed by atoms with E-state index >= 15 is 0 Å². The molecular weight excluding hydrogens is 240 g/mol. The fraction of sp³-hybridized carbons (Fsp3) is 0. The van der Waals surface area contributed by atoms with Crippen molar-refractivity contribution in [3.8, 4) is 0 Å². The molecule has 0 unspecified atom stereocenters. The highest BCUT2D eigenvalue weighted by atomic mass is 35.5. The molecule has 1 aromatic carbocycles. The minimum absolute atomic E-state index is 0.633. The molecule has 0 saturated carbocycles. The predicted octanol–water partition coefficient (Wildman–Crippen LogP) is 2.36. The number of rotatable bonds is 2. The van der Waals surface area contributed by atoms with Crippen molar-refractivity contribution in [2.75, 3.05) is 0 Å². The molecular formula is C8H5ClN2OS2. The van der Waals surface area contributed by atoms with Crippen LogP contribution in [0.25, 0.3) is 0 Å². The number of benzene rings is 1. The molecule has 0 aliphatic rings. The normalized spacial score (nSPS) is 12.6. The molecule has 3 nitrogen and oxygen atoms in total. The Morgan fingerprint density at radius 2 is 2.00 bits per heavy atom. The second-order valence-electron chi connectivity index (χ2n) is 2.46. The summed E-state index contributed by atoms with van der Waals surface area (Å²) in [6.45, 7) is 0. The zero-order valence-corrected chi connectivity index (χ0v) is 9.27. The standard InChI is InChI=1S/C8H5ClN2OS2/c9-6-1-3-7(4-2-6)14(12)8-5-10-11-13-8/h1-5H/t14-/m0/s1. The molecule has 6 heteroatoms. The van der Waals surface area contributed by atoms with Gasteiger partial charge in [-0.2, -0.15) is 0 Å². The van der Waals surface area contributed by atoms with E-state index < -0.39 is 10.8 Å². The monoisotopic (exact) mass is 244 g/mol. The van der Waals surface area contributed by atoms with E-state index in [2.05, 4.69) is 9.59 Å². The molecule has 0 N–H and O–H groups in total. The van der Waals surface area contributed by atoms with Gasteiger partial charge < -0.3 is 0 Å². The Bertz CT molecular complexity index is 441. The van der Waals surface area contributed by atoms with Crippen LogP contribution in [0.1, 0.15) is 0 Å². The van der Waals surface area contributed by atoms with E-state index in [1.807, 2.05) is 0 Å². The van der Waals surface area contributed by atoms with Gasteiger partial charge in [-0.1, -0.05) is 16.1 Å². The molecule has 0 radical (unpaired) electrons. The van der Waals surface area contributed by atoms with Gasteiger partial charge in [0, 0.05) is 9.92 Å². The number of halogens is 1. The van der Waals surface area contributed by atoms with Crippen LogP contribution in [0.2, 0.25) is 5.02 Å². The maximum absolute atomic E-state index is 11.8. The van der Waals surface area contributed by atoms with Crippen molar-refractivity contribution in [2.24, 2.45) is 0 Å². The highest BCUT2D eigenvalue weighted by Crippen LogP contribution is 2.19. The molecule has 0 spiro atoms. The summed E-state index contributed by atoms with van der Waals surface area (Å²) in [5.41, 5.74) is 0. The summed E-state index contributed by atoms with van der Waals surface area (Å²) >= 11 is 6.86. The highest BCUT2D eigenvalue weighted by Gasteiger charge is 2.08. The van der Waals surface area contributed by atoms with Crippen LogP contribution in [0.4, 0.5) is 0 Å². The third-order valence-corrected chi connectivity index (χ3v) is 4.11. The van der Waals surface area contributed by atoms with Crippen LogP contribution >= 0.6 is 23.1 Å². The SMILES string of the molecule is O=[S@@](c1ccc(Cl)cc1)c1cnns1. The first-order chi connectivity index (χ1) is 6.77. The zero-order chi connectivity index (χ0) is 9.97. The Hall–Kier alpha value is -0.780. The number of hydrogen-bond acceptors (Lipinski definition) is 4. The van der Waals surface area contributed by atoms with Crippen LogP contribution in [-0.4, -0.2) is 13.8 Å². The largest absolute Gasteiger partial charge is 0.248 e. The Morgan fingerprint density at radius 1 is 1.29 bits per heavy atom. The topological polar surface area (TPSA) is 42.9 Å². The van der Waals surface area contributed by atoms with Crippen molar-refractivity contribution in [3.05, 3.63) is 35.5 Å². The molecule has 1 aromatic heterocycles. The highest BCUT2D eigenvalue weighted by molar-refractivity contribution is 7.87. The summed E-state index contributed by atoms with van der Waals surface area (Å²) in [4.78, 5) is 0.709. The average Bonchev–Trinajstić information content (AvgIpc) is 2.71. The maximum Gasteiger partial charge on any atom is 0.137 e. The van der Waals surface area contributed by atoms with Gasteiger partial charge in [0.15, 0.2) is 0 Å². The third kappa shape index (κ3) is 2.00. The number of aromatic nitrogens is 2. The van der Waals surface area contributed by atoms with Crippen LogP contribution in [-0.2, 0) is 10.8 Å². The van der Waals surface area contributed by atoms with Crippen molar-refractivity contribution >= 4 is 33.9 Å². The Kier molecular flexibility index (Phi) is 2.90. The molecule has 1 atom stereocenters. The summed E-state index contributed by atoms with van der Waals surface area (Å²) in [5, 5.41) is 4.27. The first kappa shape index (κ1) is 9.76. The van der Waals surface area contributed by atoms with Gasteiger partial charge in [-0.15, -0.1) is 5.10 Å². The molecule has 2 rings (SSSR count). The van der Waals surface area contributed by atoms with Crippen molar-refractivity contribution in [3.63, 3.8) is 0 Å². The Morgan fingerprint density at radius 3 is 2.57 bits per heavy atom. The minimum atomic E-state index is -1.19. The van der Waals surface area contributed by atoms with Gasteiger partial charge in [0.1, 0.15) is 4.21 Å². The lowest BCUT2D eigenvalue weighted by atomic mass is 10.4. The molecule has 0 saturated heterocycles. The average molecular weight is 245 g/mol. The van der Waals surface area contributed by atoms with E-state index in [1.54, 1.807) is 24.3 Å². The number of hydrogen-bond donors (Lipinski definition) is 0. The summed E-state index contributed by atoms with van der Waals surface area (Å²) in [5.74, 6) is 0. The van der Waals surface area contributed by atoms with Gasteiger partial charge in [0.25, 0.3) is 0 Å². The maximum atomic E-state index is 11.8.